The molecule has 2 aromatic rings. The minimum absolute atomic E-state index is 0.105. The van der Waals surface area contributed by atoms with Gasteiger partial charge in [0.05, 0.1) is 12.2 Å². The summed E-state index contributed by atoms with van der Waals surface area (Å²) in [7, 11) is 0. The van der Waals surface area contributed by atoms with Crippen LogP contribution in [0.15, 0.2) is 42.5 Å². The van der Waals surface area contributed by atoms with Crippen LogP contribution >= 0.6 is 0 Å². The van der Waals surface area contributed by atoms with E-state index in [-0.39, 0.29) is 24.6 Å². The van der Waals surface area contributed by atoms with E-state index >= 15 is 0 Å². The Morgan fingerprint density at radius 3 is 2.48 bits per heavy atom. The van der Waals surface area contributed by atoms with Crippen LogP contribution < -0.4 is 14.4 Å². The standard InChI is InChI=1S/C21H22N2O4/c1-13(2)23(14(3)24)20-16-9-18-19(27-12-26-18)10-17(16)22(21(20)25)11-15-7-5-4-6-8-15/h4-10,13,20H,11-12H2,1-3H3. The number of carbonyl (C=O) groups excluding carboxylic acids is 2. The van der Waals surface area contributed by atoms with Crippen LogP contribution in [0, 0.1) is 0 Å². The van der Waals surface area contributed by atoms with Gasteiger partial charge in [-0.1, -0.05) is 30.3 Å². The fraction of sp³-hybridized carbons (Fsp3) is 0.333. The summed E-state index contributed by atoms with van der Waals surface area (Å²) >= 11 is 0. The number of benzene rings is 2. The lowest BCUT2D eigenvalue weighted by atomic mass is 10.0. The Hall–Kier alpha value is -3.02. The normalized spacial score (nSPS) is 17.4. The van der Waals surface area contributed by atoms with E-state index in [1.807, 2.05) is 56.3 Å². The molecule has 6 heteroatoms. The second-order valence-electron chi connectivity index (χ2n) is 7.10. The molecule has 2 heterocycles. The Balaban J connectivity index is 1.81. The van der Waals surface area contributed by atoms with Gasteiger partial charge in [0.25, 0.3) is 5.91 Å². The molecule has 0 bridgehead atoms. The molecule has 0 radical (unpaired) electrons. The number of rotatable bonds is 4. The second-order valence-corrected chi connectivity index (χ2v) is 7.10. The third-order valence-corrected chi connectivity index (χ3v) is 4.99. The monoisotopic (exact) mass is 366 g/mol. The summed E-state index contributed by atoms with van der Waals surface area (Å²) in [4.78, 5) is 29.1. The third kappa shape index (κ3) is 2.91. The molecule has 0 aromatic heterocycles. The lowest BCUT2D eigenvalue weighted by molar-refractivity contribution is -0.139. The molecule has 0 aliphatic carbocycles. The van der Waals surface area contributed by atoms with Gasteiger partial charge < -0.3 is 19.3 Å². The predicted octanol–water partition coefficient (Wildman–Crippen LogP) is 3.26. The van der Waals surface area contributed by atoms with Crippen LogP contribution in [-0.4, -0.2) is 29.5 Å². The molecular weight excluding hydrogens is 344 g/mol. The summed E-state index contributed by atoms with van der Waals surface area (Å²) < 4.78 is 11.0. The maximum atomic E-state index is 13.4. The molecule has 2 aliphatic heterocycles. The van der Waals surface area contributed by atoms with Gasteiger partial charge in [-0.2, -0.15) is 0 Å². The van der Waals surface area contributed by atoms with Crippen molar-refractivity contribution in [2.75, 3.05) is 11.7 Å². The highest BCUT2D eigenvalue weighted by Crippen LogP contribution is 2.47. The number of amides is 2. The van der Waals surface area contributed by atoms with Crippen LogP contribution in [-0.2, 0) is 16.1 Å². The van der Waals surface area contributed by atoms with Crippen molar-refractivity contribution in [2.24, 2.45) is 0 Å². The van der Waals surface area contributed by atoms with Crippen LogP contribution in [0.1, 0.15) is 37.9 Å². The van der Waals surface area contributed by atoms with Gasteiger partial charge in [-0.3, -0.25) is 9.59 Å². The predicted molar refractivity (Wildman–Crippen MR) is 101 cm³/mol. The van der Waals surface area contributed by atoms with Crippen LogP contribution in [0.5, 0.6) is 11.5 Å². The van der Waals surface area contributed by atoms with E-state index in [4.69, 9.17) is 9.47 Å². The maximum absolute atomic E-state index is 13.4. The molecular formula is C21H22N2O4. The van der Waals surface area contributed by atoms with E-state index in [0.717, 1.165) is 16.8 Å². The molecule has 0 spiro atoms. The van der Waals surface area contributed by atoms with Gasteiger partial charge in [-0.25, -0.2) is 0 Å². The van der Waals surface area contributed by atoms with Gasteiger partial charge in [-0.05, 0) is 25.5 Å². The molecule has 0 saturated carbocycles. The van der Waals surface area contributed by atoms with Crippen LogP contribution in [0.2, 0.25) is 0 Å². The van der Waals surface area contributed by atoms with E-state index in [2.05, 4.69) is 0 Å². The number of hydrogen-bond acceptors (Lipinski definition) is 4. The first-order valence-corrected chi connectivity index (χ1v) is 9.05. The van der Waals surface area contributed by atoms with Crippen molar-refractivity contribution in [1.82, 2.24) is 4.90 Å². The summed E-state index contributed by atoms with van der Waals surface area (Å²) in [5.41, 5.74) is 2.57. The van der Waals surface area contributed by atoms with Crippen LogP contribution in [0.3, 0.4) is 0 Å². The van der Waals surface area contributed by atoms with Crippen molar-refractivity contribution in [3.8, 4) is 11.5 Å². The average Bonchev–Trinajstić information content (AvgIpc) is 3.18. The van der Waals surface area contributed by atoms with Gasteiger partial charge in [0.1, 0.15) is 6.04 Å². The summed E-state index contributed by atoms with van der Waals surface area (Å²) in [5, 5.41) is 0. The fourth-order valence-electron chi connectivity index (χ4n) is 3.84. The average molecular weight is 366 g/mol. The molecule has 2 aromatic carbocycles. The van der Waals surface area contributed by atoms with E-state index in [1.54, 1.807) is 9.80 Å². The highest BCUT2D eigenvalue weighted by atomic mass is 16.7. The molecule has 2 aliphatic rings. The lowest BCUT2D eigenvalue weighted by Crippen LogP contribution is -2.43. The second kappa shape index (κ2) is 6.61. The molecule has 0 saturated heterocycles. The highest BCUT2D eigenvalue weighted by molar-refractivity contribution is 6.06. The van der Waals surface area contributed by atoms with Gasteiger partial charge in [-0.15, -0.1) is 0 Å². The molecule has 1 atom stereocenters. The molecule has 27 heavy (non-hydrogen) atoms. The van der Waals surface area contributed by atoms with Gasteiger partial charge in [0.15, 0.2) is 11.5 Å². The van der Waals surface area contributed by atoms with E-state index in [1.165, 1.54) is 6.92 Å². The van der Waals surface area contributed by atoms with Crippen molar-refractivity contribution in [3.05, 3.63) is 53.6 Å². The zero-order chi connectivity index (χ0) is 19.1. The van der Waals surface area contributed by atoms with Crippen molar-refractivity contribution in [2.45, 2.75) is 39.4 Å². The summed E-state index contributed by atoms with van der Waals surface area (Å²) in [6.45, 7) is 5.94. The van der Waals surface area contributed by atoms with Crippen molar-refractivity contribution in [1.29, 1.82) is 0 Å². The molecule has 0 fully saturated rings. The summed E-state index contributed by atoms with van der Waals surface area (Å²) in [6, 6.07) is 12.7. The summed E-state index contributed by atoms with van der Waals surface area (Å²) in [6.07, 6.45) is 0. The van der Waals surface area contributed by atoms with E-state index in [0.29, 0.717) is 18.0 Å². The smallest absolute Gasteiger partial charge is 0.254 e. The molecule has 0 N–H and O–H groups in total. The molecule has 4 rings (SSSR count). The van der Waals surface area contributed by atoms with Crippen LogP contribution in [0.25, 0.3) is 0 Å². The number of nitrogens with zero attached hydrogens (tertiary/aromatic N) is 2. The maximum Gasteiger partial charge on any atom is 0.254 e. The number of ether oxygens (including phenoxy) is 2. The quantitative estimate of drug-likeness (QED) is 0.833. The molecule has 2 amide bonds. The molecule has 1 unspecified atom stereocenters. The van der Waals surface area contributed by atoms with Crippen molar-refractivity contribution in [3.63, 3.8) is 0 Å². The Morgan fingerprint density at radius 1 is 1.19 bits per heavy atom. The Bertz CT molecular complexity index is 895. The van der Waals surface area contributed by atoms with Gasteiger partial charge in [0.2, 0.25) is 12.7 Å². The number of hydrogen-bond donors (Lipinski definition) is 0. The Kier molecular flexibility index (Phi) is 4.26. The first-order chi connectivity index (χ1) is 13.0. The highest BCUT2D eigenvalue weighted by Gasteiger charge is 2.44. The van der Waals surface area contributed by atoms with E-state index in [9.17, 15) is 9.59 Å². The first kappa shape index (κ1) is 17.4. The van der Waals surface area contributed by atoms with Crippen molar-refractivity contribution < 1.29 is 19.1 Å². The fourth-order valence-corrected chi connectivity index (χ4v) is 3.84. The first-order valence-electron chi connectivity index (χ1n) is 9.05. The zero-order valence-corrected chi connectivity index (χ0v) is 15.6. The van der Waals surface area contributed by atoms with E-state index < -0.39 is 6.04 Å². The SMILES string of the molecule is CC(=O)N(C(C)C)C1C(=O)N(Cc2ccccc2)c2cc3c(cc21)OCO3. The minimum atomic E-state index is -0.657. The van der Waals surface area contributed by atoms with Gasteiger partial charge >= 0.3 is 0 Å². The lowest BCUT2D eigenvalue weighted by Gasteiger charge is -2.31. The number of carbonyl (C=O) groups is 2. The molecule has 6 nitrogen and oxygen atoms in total. The van der Waals surface area contributed by atoms with Crippen molar-refractivity contribution >= 4 is 17.5 Å². The molecule has 140 valence electrons. The minimum Gasteiger partial charge on any atom is -0.454 e. The Morgan fingerprint density at radius 2 is 1.85 bits per heavy atom. The van der Waals surface area contributed by atoms with Gasteiger partial charge in [0, 0.05) is 24.6 Å². The van der Waals surface area contributed by atoms with Crippen LogP contribution in [0.4, 0.5) is 5.69 Å². The summed E-state index contributed by atoms with van der Waals surface area (Å²) in [5.74, 6) is 0.995. The largest absolute Gasteiger partial charge is 0.454 e. The Labute approximate surface area is 158 Å². The number of fused-ring (bicyclic) bond motifs is 2. The topological polar surface area (TPSA) is 59.1 Å². The number of anilines is 1. The zero-order valence-electron chi connectivity index (χ0n) is 15.6. The third-order valence-electron chi connectivity index (χ3n) is 4.99.